The first-order valence-electron chi connectivity index (χ1n) is 6.24. The van der Waals surface area contributed by atoms with Gasteiger partial charge in [0.2, 0.25) is 5.82 Å². The van der Waals surface area contributed by atoms with E-state index in [4.69, 9.17) is 0 Å². The van der Waals surface area contributed by atoms with Crippen LogP contribution >= 0.6 is 0 Å². The van der Waals surface area contributed by atoms with E-state index in [-0.39, 0.29) is 0 Å². The molecule has 1 aromatic rings. The predicted molar refractivity (Wildman–Crippen MR) is 66.7 cm³/mol. The summed E-state index contributed by atoms with van der Waals surface area (Å²) < 4.78 is 13.4. The van der Waals surface area contributed by atoms with Crippen molar-refractivity contribution in [2.75, 3.05) is 0 Å². The van der Waals surface area contributed by atoms with E-state index in [9.17, 15) is 14.5 Å². The van der Waals surface area contributed by atoms with E-state index in [1.807, 2.05) is 0 Å². The van der Waals surface area contributed by atoms with Gasteiger partial charge < -0.3 is 5.32 Å². The minimum Gasteiger partial charge on any atom is -0.310 e. The standard InChI is InChI=1S/C13H17FN2O2/c1-9-3-2-4-12(9)15-8-10-5-6-13(16(17)18)11(14)7-10/h5-7,9,12,15H,2-4,8H2,1H3. The molecular formula is C13H17FN2O2. The van der Waals surface area contributed by atoms with Crippen LogP contribution in [0.3, 0.4) is 0 Å². The molecular weight excluding hydrogens is 235 g/mol. The van der Waals surface area contributed by atoms with E-state index in [0.29, 0.717) is 18.5 Å². The van der Waals surface area contributed by atoms with Crippen molar-refractivity contribution in [1.82, 2.24) is 5.32 Å². The van der Waals surface area contributed by atoms with Gasteiger partial charge in [-0.1, -0.05) is 19.4 Å². The maximum Gasteiger partial charge on any atom is 0.304 e. The molecule has 2 atom stereocenters. The lowest BCUT2D eigenvalue weighted by Crippen LogP contribution is -2.30. The number of rotatable bonds is 4. The number of hydrogen-bond acceptors (Lipinski definition) is 3. The Hall–Kier alpha value is -1.49. The van der Waals surface area contributed by atoms with Gasteiger partial charge in [0.25, 0.3) is 0 Å². The summed E-state index contributed by atoms with van der Waals surface area (Å²) in [6, 6.07) is 4.55. The SMILES string of the molecule is CC1CCCC1NCc1ccc([N+](=O)[O-])c(F)c1. The Morgan fingerprint density at radius 1 is 1.50 bits per heavy atom. The van der Waals surface area contributed by atoms with Crippen molar-refractivity contribution in [1.29, 1.82) is 0 Å². The van der Waals surface area contributed by atoms with Crippen molar-refractivity contribution >= 4 is 5.69 Å². The van der Waals surface area contributed by atoms with E-state index in [1.54, 1.807) is 6.07 Å². The summed E-state index contributed by atoms with van der Waals surface area (Å²) in [6.07, 6.45) is 3.61. The molecule has 1 aliphatic carbocycles. The molecule has 98 valence electrons. The predicted octanol–water partition coefficient (Wildman–Crippen LogP) is 3.01. The van der Waals surface area contributed by atoms with Gasteiger partial charge in [-0.15, -0.1) is 0 Å². The molecule has 0 saturated heterocycles. The van der Waals surface area contributed by atoms with Gasteiger partial charge in [0.05, 0.1) is 4.92 Å². The van der Waals surface area contributed by atoms with Crippen LogP contribution < -0.4 is 5.32 Å². The number of benzene rings is 1. The number of nitrogens with one attached hydrogen (secondary N) is 1. The van der Waals surface area contributed by atoms with Crippen LogP contribution in [0.15, 0.2) is 18.2 Å². The Bertz CT molecular complexity index is 451. The lowest BCUT2D eigenvalue weighted by atomic mass is 10.1. The fourth-order valence-corrected chi connectivity index (χ4v) is 2.51. The molecule has 2 unspecified atom stereocenters. The molecule has 1 saturated carbocycles. The fraction of sp³-hybridized carbons (Fsp3) is 0.538. The van der Waals surface area contributed by atoms with E-state index >= 15 is 0 Å². The van der Waals surface area contributed by atoms with Gasteiger partial charge in [0, 0.05) is 18.7 Å². The summed E-state index contributed by atoms with van der Waals surface area (Å²) in [5.41, 5.74) is 0.283. The molecule has 1 aromatic carbocycles. The highest BCUT2D eigenvalue weighted by Gasteiger charge is 2.22. The highest BCUT2D eigenvalue weighted by atomic mass is 19.1. The molecule has 0 aromatic heterocycles. The van der Waals surface area contributed by atoms with Gasteiger partial charge >= 0.3 is 5.69 Å². The molecule has 2 rings (SSSR count). The summed E-state index contributed by atoms with van der Waals surface area (Å²) in [5.74, 6) is -0.119. The van der Waals surface area contributed by atoms with Crippen molar-refractivity contribution in [3.63, 3.8) is 0 Å². The Labute approximate surface area is 105 Å². The summed E-state index contributed by atoms with van der Waals surface area (Å²) in [6.45, 7) is 2.77. The molecule has 0 heterocycles. The zero-order valence-corrected chi connectivity index (χ0v) is 10.4. The van der Waals surface area contributed by atoms with Gasteiger partial charge in [-0.05, 0) is 30.4 Å². The maximum absolute atomic E-state index is 13.4. The van der Waals surface area contributed by atoms with Gasteiger partial charge in [-0.2, -0.15) is 4.39 Å². The lowest BCUT2D eigenvalue weighted by molar-refractivity contribution is -0.387. The van der Waals surface area contributed by atoms with Crippen LogP contribution in [0.1, 0.15) is 31.7 Å². The monoisotopic (exact) mass is 252 g/mol. The smallest absolute Gasteiger partial charge is 0.304 e. The van der Waals surface area contributed by atoms with Gasteiger partial charge in [-0.3, -0.25) is 10.1 Å². The summed E-state index contributed by atoms with van der Waals surface area (Å²) in [5, 5.41) is 13.9. The fourth-order valence-electron chi connectivity index (χ4n) is 2.51. The first kappa shape index (κ1) is 13.0. The van der Waals surface area contributed by atoms with Crippen LogP contribution in [0, 0.1) is 21.8 Å². The average molecular weight is 252 g/mol. The van der Waals surface area contributed by atoms with Crippen LogP contribution in [0.5, 0.6) is 0 Å². The molecule has 1 fully saturated rings. The van der Waals surface area contributed by atoms with Crippen molar-refractivity contribution in [2.24, 2.45) is 5.92 Å². The van der Waals surface area contributed by atoms with Crippen LogP contribution in [0.2, 0.25) is 0 Å². The first-order valence-corrected chi connectivity index (χ1v) is 6.24. The second-order valence-corrected chi connectivity index (χ2v) is 4.94. The highest BCUT2D eigenvalue weighted by molar-refractivity contribution is 5.34. The Balaban J connectivity index is 1.98. The second kappa shape index (κ2) is 5.44. The van der Waals surface area contributed by atoms with E-state index in [2.05, 4.69) is 12.2 Å². The van der Waals surface area contributed by atoms with Crippen LogP contribution in [0.25, 0.3) is 0 Å². The third kappa shape index (κ3) is 2.85. The van der Waals surface area contributed by atoms with Crippen LogP contribution in [0.4, 0.5) is 10.1 Å². The van der Waals surface area contributed by atoms with Gasteiger partial charge in [0.15, 0.2) is 0 Å². The Kier molecular flexibility index (Phi) is 3.91. The number of nitro groups is 1. The molecule has 1 N–H and O–H groups in total. The molecule has 0 spiro atoms. The second-order valence-electron chi connectivity index (χ2n) is 4.94. The van der Waals surface area contributed by atoms with Crippen molar-refractivity contribution in [2.45, 2.75) is 38.8 Å². The molecule has 5 heteroatoms. The number of hydrogen-bond donors (Lipinski definition) is 1. The lowest BCUT2D eigenvalue weighted by Gasteiger charge is -2.17. The van der Waals surface area contributed by atoms with Gasteiger partial charge in [0.1, 0.15) is 0 Å². The van der Waals surface area contributed by atoms with E-state index < -0.39 is 16.4 Å². The zero-order valence-electron chi connectivity index (χ0n) is 10.4. The molecule has 1 aliphatic rings. The minimum atomic E-state index is -0.765. The third-order valence-electron chi connectivity index (χ3n) is 3.64. The summed E-state index contributed by atoms with van der Waals surface area (Å²) in [7, 11) is 0. The van der Waals surface area contributed by atoms with E-state index in [0.717, 1.165) is 12.0 Å². The molecule has 0 radical (unpaired) electrons. The summed E-state index contributed by atoms with van der Waals surface area (Å²) in [4.78, 5) is 9.79. The Morgan fingerprint density at radius 2 is 2.28 bits per heavy atom. The van der Waals surface area contributed by atoms with Crippen LogP contribution in [-0.4, -0.2) is 11.0 Å². The number of nitrogens with zero attached hydrogens (tertiary/aromatic N) is 1. The summed E-state index contributed by atoms with van der Waals surface area (Å²) >= 11 is 0. The Morgan fingerprint density at radius 3 is 2.83 bits per heavy atom. The molecule has 0 bridgehead atoms. The average Bonchev–Trinajstić information content (AvgIpc) is 2.72. The molecule has 0 aliphatic heterocycles. The number of halogens is 1. The molecule has 0 amide bonds. The topological polar surface area (TPSA) is 55.2 Å². The van der Waals surface area contributed by atoms with Crippen molar-refractivity contribution < 1.29 is 9.31 Å². The first-order chi connectivity index (χ1) is 8.58. The minimum absolute atomic E-state index is 0.465. The maximum atomic E-state index is 13.4. The number of nitro benzene ring substituents is 1. The van der Waals surface area contributed by atoms with Crippen molar-refractivity contribution in [3.05, 3.63) is 39.7 Å². The molecule has 18 heavy (non-hydrogen) atoms. The van der Waals surface area contributed by atoms with E-state index in [1.165, 1.54) is 25.0 Å². The quantitative estimate of drug-likeness (QED) is 0.662. The van der Waals surface area contributed by atoms with Gasteiger partial charge in [-0.25, -0.2) is 0 Å². The van der Waals surface area contributed by atoms with Crippen LogP contribution in [-0.2, 0) is 6.54 Å². The normalized spacial score (nSPS) is 23.2. The molecule has 4 nitrogen and oxygen atoms in total. The zero-order chi connectivity index (χ0) is 13.1. The van der Waals surface area contributed by atoms with Crippen molar-refractivity contribution in [3.8, 4) is 0 Å². The third-order valence-corrected chi connectivity index (χ3v) is 3.64. The largest absolute Gasteiger partial charge is 0.310 e. The highest BCUT2D eigenvalue weighted by Crippen LogP contribution is 2.25.